The van der Waals surface area contributed by atoms with Crippen molar-refractivity contribution in [3.05, 3.63) is 264 Å². The Labute approximate surface area is 355 Å². The molecule has 1 nitrogen and oxygen atoms in total. The lowest BCUT2D eigenvalue weighted by Crippen LogP contribution is -2.36. The molecule has 0 saturated heterocycles. The fourth-order valence-electron chi connectivity index (χ4n) is 10.4. The summed E-state index contributed by atoms with van der Waals surface area (Å²) in [6.07, 6.45) is 14.5. The molecule has 3 aliphatic rings. The number of rotatable bonds is 9. The van der Waals surface area contributed by atoms with E-state index in [0.29, 0.717) is 0 Å². The summed E-state index contributed by atoms with van der Waals surface area (Å²) in [7, 11) is 0. The van der Waals surface area contributed by atoms with Gasteiger partial charge >= 0.3 is 0 Å². The van der Waals surface area contributed by atoms with Gasteiger partial charge in [0.2, 0.25) is 0 Å². The number of anilines is 2. The summed E-state index contributed by atoms with van der Waals surface area (Å²) >= 11 is 0. The molecule has 1 unspecified atom stereocenters. The van der Waals surface area contributed by atoms with Crippen LogP contribution in [0.5, 0.6) is 0 Å². The Bertz CT molecular complexity index is 3000. The van der Waals surface area contributed by atoms with Gasteiger partial charge in [-0.2, -0.15) is 0 Å². The van der Waals surface area contributed by atoms with Gasteiger partial charge in [0.05, 0.1) is 16.8 Å². The predicted molar refractivity (Wildman–Crippen MR) is 255 cm³/mol. The third-order valence-corrected chi connectivity index (χ3v) is 13.0. The van der Waals surface area contributed by atoms with Crippen LogP contribution in [0.25, 0.3) is 44.5 Å². The van der Waals surface area contributed by atoms with Crippen LogP contribution in [0.3, 0.4) is 0 Å². The summed E-state index contributed by atoms with van der Waals surface area (Å²) in [6.45, 7) is 15.1. The van der Waals surface area contributed by atoms with Gasteiger partial charge in [0.1, 0.15) is 0 Å². The number of fused-ring (bicyclic) bond motifs is 10. The van der Waals surface area contributed by atoms with E-state index in [1.807, 2.05) is 18.2 Å². The highest BCUT2D eigenvalue weighted by molar-refractivity contribution is 6.02. The molecule has 3 aliphatic carbocycles. The van der Waals surface area contributed by atoms with Gasteiger partial charge in [0, 0.05) is 22.2 Å². The minimum Gasteiger partial charge on any atom is -0.311 e. The van der Waals surface area contributed by atoms with Crippen LogP contribution in [-0.2, 0) is 10.8 Å². The molecule has 0 fully saturated rings. The normalized spacial score (nSPS) is 16.8. The first kappa shape index (κ1) is 37.1. The van der Waals surface area contributed by atoms with E-state index in [0.717, 1.165) is 22.5 Å². The first-order valence-electron chi connectivity index (χ1n) is 21.0. The first-order chi connectivity index (χ1) is 29.4. The predicted octanol–water partition coefficient (Wildman–Crippen LogP) is 15.4. The van der Waals surface area contributed by atoms with Gasteiger partial charge in [0.25, 0.3) is 0 Å². The lowest BCUT2D eigenvalue weighted by molar-refractivity contribution is 0.660. The van der Waals surface area contributed by atoms with Crippen LogP contribution in [0.4, 0.5) is 11.4 Å². The zero-order valence-corrected chi connectivity index (χ0v) is 34.5. The molecule has 0 saturated carbocycles. The molecule has 0 aliphatic heterocycles. The fourth-order valence-corrected chi connectivity index (χ4v) is 10.4. The second-order valence-corrected chi connectivity index (χ2v) is 16.4. The SMILES string of the molecule is C=C/C=C\C1=C(N(c2ccc3c(c2)C(C)(C)c2ccccc2-3)c2ccccc2C(/C=C\C=C)=C/C)C2(c3ccccc31)c1ccccc1-c1ccc(-c3ccccc3)cc12. The minimum absolute atomic E-state index is 0.193. The zero-order valence-electron chi connectivity index (χ0n) is 34.5. The highest BCUT2D eigenvalue weighted by Gasteiger charge is 2.55. The molecule has 0 bridgehead atoms. The van der Waals surface area contributed by atoms with Crippen molar-refractivity contribution in [1.82, 2.24) is 0 Å². The topological polar surface area (TPSA) is 3.24 Å². The largest absolute Gasteiger partial charge is 0.311 e. The van der Waals surface area contributed by atoms with E-state index in [1.165, 1.54) is 78.0 Å². The molecule has 0 N–H and O–H groups in total. The number of nitrogens with zero attached hydrogens (tertiary/aromatic N) is 1. The molecular formula is C59H47N. The summed E-state index contributed by atoms with van der Waals surface area (Å²) in [6, 6.07) is 61.1. The van der Waals surface area contributed by atoms with Crippen LogP contribution in [0, 0.1) is 0 Å². The molecule has 1 spiro atoms. The van der Waals surface area contributed by atoms with Gasteiger partial charge in [0.15, 0.2) is 0 Å². The van der Waals surface area contributed by atoms with Crippen molar-refractivity contribution in [3.63, 3.8) is 0 Å². The number of benzene rings is 7. The van der Waals surface area contributed by atoms with Gasteiger partial charge in [-0.25, -0.2) is 0 Å². The average Bonchev–Trinajstić information content (AvgIpc) is 3.84. The van der Waals surface area contributed by atoms with Gasteiger partial charge in [-0.15, -0.1) is 0 Å². The Morgan fingerprint density at radius 3 is 1.83 bits per heavy atom. The minimum atomic E-state index is -0.689. The fraction of sp³-hybridized carbons (Fsp3) is 0.0847. The Balaban J connectivity index is 1.37. The maximum Gasteiger partial charge on any atom is 0.0882 e. The molecule has 7 aromatic carbocycles. The molecule has 1 atom stereocenters. The molecule has 0 radical (unpaired) electrons. The number of hydrogen-bond donors (Lipinski definition) is 0. The maximum absolute atomic E-state index is 4.18. The van der Waals surface area contributed by atoms with E-state index in [4.69, 9.17) is 0 Å². The number of hydrogen-bond acceptors (Lipinski definition) is 1. The molecule has 0 heterocycles. The molecule has 0 amide bonds. The van der Waals surface area contributed by atoms with Crippen LogP contribution < -0.4 is 4.90 Å². The van der Waals surface area contributed by atoms with Crippen molar-refractivity contribution in [2.24, 2.45) is 0 Å². The van der Waals surface area contributed by atoms with Crippen LogP contribution in [0.1, 0.15) is 59.7 Å². The number of para-hydroxylation sites is 1. The lowest BCUT2D eigenvalue weighted by Gasteiger charge is -2.41. The number of allylic oxidation sites excluding steroid dienone is 10. The van der Waals surface area contributed by atoms with Gasteiger partial charge in [-0.3, -0.25) is 0 Å². The Morgan fingerprint density at radius 2 is 1.10 bits per heavy atom. The summed E-state index contributed by atoms with van der Waals surface area (Å²) in [4.78, 5) is 2.60. The van der Waals surface area contributed by atoms with Gasteiger partial charge in [-0.1, -0.05) is 209 Å². The maximum atomic E-state index is 4.18. The molecule has 7 aromatic rings. The summed E-state index contributed by atoms with van der Waals surface area (Å²) in [5, 5.41) is 0. The zero-order chi connectivity index (χ0) is 41.0. The summed E-state index contributed by atoms with van der Waals surface area (Å²) < 4.78 is 0. The van der Waals surface area contributed by atoms with E-state index in [2.05, 4.69) is 227 Å². The van der Waals surface area contributed by atoms with Gasteiger partial charge in [-0.05, 0) is 104 Å². The highest BCUT2D eigenvalue weighted by atomic mass is 15.2. The van der Waals surface area contributed by atoms with E-state index in [9.17, 15) is 0 Å². The van der Waals surface area contributed by atoms with Crippen molar-refractivity contribution in [2.45, 2.75) is 31.6 Å². The third-order valence-electron chi connectivity index (χ3n) is 13.0. The van der Waals surface area contributed by atoms with E-state index >= 15 is 0 Å². The molecule has 10 rings (SSSR count). The van der Waals surface area contributed by atoms with Crippen LogP contribution in [0.2, 0.25) is 0 Å². The monoisotopic (exact) mass is 769 g/mol. The molecule has 60 heavy (non-hydrogen) atoms. The Kier molecular flexibility index (Phi) is 8.99. The van der Waals surface area contributed by atoms with E-state index in [-0.39, 0.29) is 5.41 Å². The Hall–Kier alpha value is -7.22. The molecular weight excluding hydrogens is 723 g/mol. The first-order valence-corrected chi connectivity index (χ1v) is 21.0. The van der Waals surface area contributed by atoms with Crippen LogP contribution >= 0.6 is 0 Å². The van der Waals surface area contributed by atoms with Crippen LogP contribution in [-0.4, -0.2) is 0 Å². The highest BCUT2D eigenvalue weighted by Crippen LogP contribution is 2.65. The third kappa shape index (κ3) is 5.39. The standard InChI is InChI=1S/C59H47N/c1-6-9-22-40(8-3)44-26-17-21-33-56(44)60(43-35-37-48-45-27-14-18-30-51(45)58(4,5)54(48)39-43)57-50(25-10-7-2)47-29-16-20-32-53(47)59(57)52-31-19-15-28-46(52)49-36-34-42(38-55(49)59)41-23-12-11-13-24-41/h6-39H,1-2H2,3-5H3/b22-9-,25-10-,40-8+. The van der Waals surface area contributed by atoms with Crippen molar-refractivity contribution < 1.29 is 0 Å². The molecule has 1 heteroatoms. The van der Waals surface area contributed by atoms with Crippen LogP contribution in [0.15, 0.2) is 225 Å². The van der Waals surface area contributed by atoms with Gasteiger partial charge < -0.3 is 4.90 Å². The van der Waals surface area contributed by atoms with E-state index < -0.39 is 5.41 Å². The second kappa shape index (κ2) is 14.6. The van der Waals surface area contributed by atoms with Crippen molar-refractivity contribution in [3.8, 4) is 33.4 Å². The van der Waals surface area contributed by atoms with Crippen molar-refractivity contribution in [1.29, 1.82) is 0 Å². The lowest BCUT2D eigenvalue weighted by atomic mass is 9.71. The second-order valence-electron chi connectivity index (χ2n) is 16.4. The molecule has 288 valence electrons. The Morgan fingerprint density at radius 1 is 0.517 bits per heavy atom. The van der Waals surface area contributed by atoms with Crippen molar-refractivity contribution >= 4 is 22.5 Å². The average molecular weight is 770 g/mol. The van der Waals surface area contributed by atoms with E-state index in [1.54, 1.807) is 0 Å². The van der Waals surface area contributed by atoms with Crippen molar-refractivity contribution in [2.75, 3.05) is 4.90 Å². The smallest absolute Gasteiger partial charge is 0.0882 e. The summed E-state index contributed by atoms with van der Waals surface area (Å²) in [5.41, 5.74) is 21.2. The quantitative estimate of drug-likeness (QED) is 0.132. The molecule has 0 aromatic heterocycles. The summed E-state index contributed by atoms with van der Waals surface area (Å²) in [5.74, 6) is 0.